The largest absolute Gasteiger partial charge is 0.485 e. The average molecular weight is 335 g/mol. The van der Waals surface area contributed by atoms with Crippen molar-refractivity contribution in [2.24, 2.45) is 7.05 Å². The van der Waals surface area contributed by atoms with Crippen LogP contribution in [0.1, 0.15) is 12.7 Å². The van der Waals surface area contributed by atoms with Crippen molar-refractivity contribution in [3.63, 3.8) is 0 Å². The Hall–Kier alpha value is -1.72. The first-order chi connectivity index (χ1) is 11.1. The maximum Gasteiger partial charge on any atom is 0.143 e. The van der Waals surface area contributed by atoms with Crippen LogP contribution in [-0.4, -0.2) is 47.2 Å². The Balaban J connectivity index is 1.65. The normalized spacial score (nSPS) is 17.3. The first-order valence-corrected chi connectivity index (χ1v) is 8.31. The summed E-state index contributed by atoms with van der Waals surface area (Å²) < 4.78 is 8.08. The average Bonchev–Trinajstić information content (AvgIpc) is 2.86. The third-order valence-corrected chi connectivity index (χ3v) is 4.61. The van der Waals surface area contributed by atoms with Gasteiger partial charge in [0.25, 0.3) is 0 Å². The molecule has 0 spiro atoms. The number of likely N-dealkylation sites (N-methyl/N-ethyl adjacent to an activating group) is 2. The first-order valence-electron chi connectivity index (χ1n) is 7.93. The molecule has 1 aromatic heterocycles. The van der Waals surface area contributed by atoms with Gasteiger partial charge in [-0.1, -0.05) is 23.7 Å². The molecule has 0 radical (unpaired) electrons. The van der Waals surface area contributed by atoms with E-state index in [1.165, 1.54) is 5.69 Å². The van der Waals surface area contributed by atoms with Gasteiger partial charge in [0.2, 0.25) is 0 Å². The second-order valence-electron chi connectivity index (χ2n) is 6.00. The molecule has 124 valence electrons. The lowest BCUT2D eigenvalue weighted by Crippen LogP contribution is -2.45. The minimum Gasteiger partial charge on any atom is -0.485 e. The predicted molar refractivity (Wildman–Crippen MR) is 93.3 cm³/mol. The summed E-state index contributed by atoms with van der Waals surface area (Å²) in [6.07, 6.45) is 1.84. The Kier molecular flexibility index (Phi) is 4.78. The fraction of sp³-hybridized carbons (Fsp3) is 0.471. The van der Waals surface area contributed by atoms with E-state index in [-0.39, 0.29) is 6.10 Å². The van der Waals surface area contributed by atoms with E-state index in [0.717, 1.165) is 37.8 Å². The number of anilines is 1. The number of para-hydroxylation sites is 2. The van der Waals surface area contributed by atoms with Crippen LogP contribution >= 0.6 is 11.6 Å². The molecule has 5 nitrogen and oxygen atoms in total. The molecule has 0 saturated carbocycles. The molecular weight excluding hydrogens is 312 g/mol. The number of nitrogens with zero attached hydrogens (tertiary/aromatic N) is 4. The van der Waals surface area contributed by atoms with E-state index in [1.807, 2.05) is 23.7 Å². The van der Waals surface area contributed by atoms with Crippen LogP contribution < -0.4 is 9.64 Å². The standard InChI is InChI=1S/C17H23ClN4O/c1-4-22-11-13(23-15-8-6-5-7-14(15)22)10-20(2)12-17-19-9-16(18)21(17)3/h5-9,13H,4,10-12H2,1-3H3/t13-/m1/s1. The lowest BCUT2D eigenvalue weighted by atomic mass is 10.2. The topological polar surface area (TPSA) is 33.5 Å². The van der Waals surface area contributed by atoms with Gasteiger partial charge in [0.05, 0.1) is 25.0 Å². The molecule has 2 heterocycles. The van der Waals surface area contributed by atoms with E-state index < -0.39 is 0 Å². The van der Waals surface area contributed by atoms with Crippen LogP contribution in [0.2, 0.25) is 5.15 Å². The molecule has 0 unspecified atom stereocenters. The zero-order valence-corrected chi connectivity index (χ0v) is 14.6. The van der Waals surface area contributed by atoms with E-state index in [9.17, 15) is 0 Å². The highest BCUT2D eigenvalue weighted by Gasteiger charge is 2.25. The monoisotopic (exact) mass is 334 g/mol. The quantitative estimate of drug-likeness (QED) is 0.842. The smallest absolute Gasteiger partial charge is 0.143 e. The van der Waals surface area contributed by atoms with Crippen LogP contribution in [0.4, 0.5) is 5.69 Å². The van der Waals surface area contributed by atoms with Crippen molar-refractivity contribution in [3.05, 3.63) is 41.4 Å². The summed E-state index contributed by atoms with van der Waals surface area (Å²) in [7, 11) is 4.02. The van der Waals surface area contributed by atoms with Crippen molar-refractivity contribution < 1.29 is 4.74 Å². The van der Waals surface area contributed by atoms with Crippen molar-refractivity contribution in [2.45, 2.75) is 19.6 Å². The predicted octanol–water partition coefficient (Wildman–Crippen LogP) is 2.79. The fourth-order valence-electron chi connectivity index (χ4n) is 3.00. The van der Waals surface area contributed by atoms with Gasteiger partial charge in [0.1, 0.15) is 22.8 Å². The molecular formula is C17H23ClN4O. The number of benzene rings is 1. The molecule has 0 aliphatic carbocycles. The molecule has 0 bridgehead atoms. The van der Waals surface area contributed by atoms with E-state index in [2.05, 4.69) is 40.9 Å². The van der Waals surface area contributed by atoms with E-state index >= 15 is 0 Å². The number of rotatable bonds is 5. The summed E-state index contributed by atoms with van der Waals surface area (Å²) in [5, 5.41) is 0.661. The first kappa shape index (κ1) is 16.1. The minimum absolute atomic E-state index is 0.144. The summed E-state index contributed by atoms with van der Waals surface area (Å²) in [6.45, 7) is 5.65. The molecule has 1 aromatic carbocycles. The Morgan fingerprint density at radius 1 is 1.39 bits per heavy atom. The van der Waals surface area contributed by atoms with Crippen molar-refractivity contribution in [1.29, 1.82) is 0 Å². The number of hydrogen-bond acceptors (Lipinski definition) is 4. The van der Waals surface area contributed by atoms with Gasteiger partial charge in [-0.15, -0.1) is 0 Å². The third kappa shape index (κ3) is 3.46. The fourth-order valence-corrected chi connectivity index (χ4v) is 3.14. The minimum atomic E-state index is 0.144. The lowest BCUT2D eigenvalue weighted by molar-refractivity contribution is 0.138. The van der Waals surface area contributed by atoms with Crippen molar-refractivity contribution in [3.8, 4) is 5.75 Å². The molecule has 1 atom stereocenters. The third-order valence-electron chi connectivity index (χ3n) is 4.26. The zero-order chi connectivity index (χ0) is 16.4. The lowest BCUT2D eigenvalue weighted by Gasteiger charge is -2.37. The summed E-state index contributed by atoms with van der Waals surface area (Å²) in [4.78, 5) is 8.95. The van der Waals surface area contributed by atoms with Crippen molar-refractivity contribution in [2.75, 3.05) is 31.6 Å². The van der Waals surface area contributed by atoms with Gasteiger partial charge in [0.15, 0.2) is 0 Å². The second-order valence-corrected chi connectivity index (χ2v) is 6.39. The molecule has 23 heavy (non-hydrogen) atoms. The molecule has 0 fully saturated rings. The van der Waals surface area contributed by atoms with Crippen LogP contribution in [0.15, 0.2) is 30.5 Å². The summed E-state index contributed by atoms with van der Waals surface area (Å²) in [6, 6.07) is 8.24. The Bertz CT molecular complexity index is 672. The number of aromatic nitrogens is 2. The van der Waals surface area contributed by atoms with Crippen LogP contribution in [-0.2, 0) is 13.6 Å². The number of fused-ring (bicyclic) bond motifs is 1. The molecule has 0 amide bonds. The summed E-state index contributed by atoms with van der Waals surface area (Å²) in [5.41, 5.74) is 1.18. The summed E-state index contributed by atoms with van der Waals surface area (Å²) >= 11 is 6.05. The van der Waals surface area contributed by atoms with Crippen molar-refractivity contribution >= 4 is 17.3 Å². The number of imidazole rings is 1. The van der Waals surface area contributed by atoms with E-state index in [4.69, 9.17) is 16.3 Å². The SMILES string of the molecule is CCN1C[C@@H](CN(C)Cc2ncc(Cl)n2C)Oc2ccccc21. The van der Waals surface area contributed by atoms with Crippen LogP contribution in [0.5, 0.6) is 5.75 Å². The van der Waals surface area contributed by atoms with Gasteiger partial charge < -0.3 is 14.2 Å². The maximum atomic E-state index is 6.17. The molecule has 0 N–H and O–H groups in total. The van der Waals surface area contributed by atoms with Gasteiger partial charge in [-0.25, -0.2) is 4.98 Å². The molecule has 0 saturated heterocycles. The molecule has 3 rings (SSSR count). The molecule has 6 heteroatoms. The van der Waals surface area contributed by atoms with Crippen LogP contribution in [0.3, 0.4) is 0 Å². The van der Waals surface area contributed by atoms with Gasteiger partial charge >= 0.3 is 0 Å². The van der Waals surface area contributed by atoms with Gasteiger partial charge in [0, 0.05) is 20.1 Å². The van der Waals surface area contributed by atoms with E-state index in [0.29, 0.717) is 5.15 Å². The van der Waals surface area contributed by atoms with E-state index in [1.54, 1.807) is 6.20 Å². The number of hydrogen-bond donors (Lipinski definition) is 0. The Morgan fingerprint density at radius 2 is 2.17 bits per heavy atom. The zero-order valence-electron chi connectivity index (χ0n) is 13.9. The highest BCUT2D eigenvalue weighted by Crippen LogP contribution is 2.32. The Labute approximate surface area is 142 Å². The molecule has 1 aliphatic heterocycles. The highest BCUT2D eigenvalue weighted by molar-refractivity contribution is 6.29. The molecule has 2 aromatic rings. The number of halogens is 1. The van der Waals surface area contributed by atoms with Crippen molar-refractivity contribution in [1.82, 2.24) is 14.5 Å². The Morgan fingerprint density at radius 3 is 2.87 bits per heavy atom. The van der Waals surface area contributed by atoms with Gasteiger partial charge in [-0.2, -0.15) is 0 Å². The van der Waals surface area contributed by atoms with Gasteiger partial charge in [-0.3, -0.25) is 4.90 Å². The highest BCUT2D eigenvalue weighted by atomic mass is 35.5. The van der Waals surface area contributed by atoms with Gasteiger partial charge in [-0.05, 0) is 26.1 Å². The maximum absolute atomic E-state index is 6.17. The number of ether oxygens (including phenoxy) is 1. The van der Waals surface area contributed by atoms with Crippen LogP contribution in [0.25, 0.3) is 0 Å². The summed E-state index contributed by atoms with van der Waals surface area (Å²) in [5.74, 6) is 1.93. The second kappa shape index (κ2) is 6.81. The van der Waals surface area contributed by atoms with Crippen LogP contribution in [0, 0.1) is 0 Å². The molecule has 1 aliphatic rings.